The van der Waals surface area contributed by atoms with E-state index in [1.165, 1.54) is 18.4 Å². The normalized spacial score (nSPS) is 11.5. The first-order chi connectivity index (χ1) is 11.1. The predicted octanol–water partition coefficient (Wildman–Crippen LogP) is 2.96. The van der Waals surface area contributed by atoms with Crippen molar-refractivity contribution in [2.75, 3.05) is 0 Å². The Labute approximate surface area is 131 Å². The Morgan fingerprint density at radius 2 is 2.09 bits per heavy atom. The molecule has 2 heterocycles. The van der Waals surface area contributed by atoms with Gasteiger partial charge in [0.2, 0.25) is 0 Å². The fourth-order valence-electron chi connectivity index (χ4n) is 1.94. The Kier molecular flexibility index (Phi) is 4.01. The van der Waals surface area contributed by atoms with Crippen molar-refractivity contribution in [2.24, 2.45) is 5.10 Å². The average molecular weight is 312 g/mol. The van der Waals surface area contributed by atoms with E-state index in [1.807, 2.05) is 0 Å². The second-order valence-corrected chi connectivity index (χ2v) is 4.79. The van der Waals surface area contributed by atoms with Gasteiger partial charge in [0, 0.05) is 5.56 Å². The minimum atomic E-state index is -0.434. The van der Waals surface area contributed by atoms with E-state index in [0.717, 1.165) is 0 Å². The van der Waals surface area contributed by atoms with Gasteiger partial charge in [-0.05, 0) is 49.4 Å². The summed E-state index contributed by atoms with van der Waals surface area (Å²) in [4.78, 5) is 12.0. The smallest absolute Gasteiger partial charge is 0.289 e. The van der Waals surface area contributed by atoms with Crippen molar-refractivity contribution in [1.29, 1.82) is 0 Å². The first-order valence-electron chi connectivity index (χ1n) is 6.83. The first kappa shape index (κ1) is 14.7. The largest absolute Gasteiger partial charge is 0.463 e. The highest BCUT2D eigenvalue weighted by molar-refractivity contribution is 5.98. The molecule has 2 aromatic heterocycles. The first-order valence-corrected chi connectivity index (χ1v) is 6.83. The number of aromatic nitrogens is 2. The van der Waals surface area contributed by atoms with Crippen LogP contribution < -0.4 is 5.43 Å². The summed E-state index contributed by atoms with van der Waals surface area (Å²) in [5.41, 5.74) is 4.46. The Balaban J connectivity index is 1.71. The lowest BCUT2D eigenvalue weighted by Crippen LogP contribution is -2.19. The van der Waals surface area contributed by atoms with Gasteiger partial charge in [0.15, 0.2) is 0 Å². The number of nitrogens with zero attached hydrogens (tertiary/aromatic N) is 2. The standard InChI is InChI=1S/C16H13FN4O2/c1-10(15-3-2-8-23-15)18-21-16(22)14-9-13(19-20-14)11-4-6-12(17)7-5-11/h2-9H,1H3,(H,19,20)(H,21,22). The van der Waals surface area contributed by atoms with Crippen LogP contribution in [0, 0.1) is 5.82 Å². The highest BCUT2D eigenvalue weighted by Gasteiger charge is 2.11. The Hall–Kier alpha value is -3.22. The maximum Gasteiger partial charge on any atom is 0.289 e. The fourth-order valence-corrected chi connectivity index (χ4v) is 1.94. The van der Waals surface area contributed by atoms with Crippen molar-refractivity contribution in [3.8, 4) is 11.3 Å². The van der Waals surface area contributed by atoms with Crippen molar-refractivity contribution in [1.82, 2.24) is 15.6 Å². The van der Waals surface area contributed by atoms with E-state index in [-0.39, 0.29) is 11.5 Å². The second kappa shape index (κ2) is 6.27. The van der Waals surface area contributed by atoms with Crippen molar-refractivity contribution < 1.29 is 13.6 Å². The van der Waals surface area contributed by atoms with Crippen LogP contribution in [0.4, 0.5) is 4.39 Å². The maximum atomic E-state index is 12.9. The molecule has 3 aromatic rings. The van der Waals surface area contributed by atoms with E-state index in [9.17, 15) is 9.18 Å². The number of nitrogens with one attached hydrogen (secondary N) is 2. The predicted molar refractivity (Wildman–Crippen MR) is 82.4 cm³/mol. The zero-order chi connectivity index (χ0) is 16.2. The molecule has 1 amide bonds. The number of H-pyrrole nitrogens is 1. The average Bonchev–Trinajstić information content (AvgIpc) is 3.24. The van der Waals surface area contributed by atoms with Gasteiger partial charge < -0.3 is 4.42 Å². The quantitative estimate of drug-likeness (QED) is 0.574. The van der Waals surface area contributed by atoms with Crippen molar-refractivity contribution in [3.63, 3.8) is 0 Å². The van der Waals surface area contributed by atoms with Crippen molar-refractivity contribution >= 4 is 11.6 Å². The Morgan fingerprint density at radius 3 is 2.78 bits per heavy atom. The minimum Gasteiger partial charge on any atom is -0.463 e. The number of aromatic amines is 1. The molecule has 0 atom stereocenters. The molecule has 0 fully saturated rings. The van der Waals surface area contributed by atoms with E-state index in [1.54, 1.807) is 37.3 Å². The SMILES string of the molecule is CC(=NNC(=O)c1cc(-c2ccc(F)cc2)n[nH]1)c1ccco1. The molecule has 0 aliphatic rings. The molecule has 0 aliphatic carbocycles. The number of hydrogen-bond donors (Lipinski definition) is 2. The van der Waals surface area contributed by atoms with E-state index < -0.39 is 5.91 Å². The minimum absolute atomic E-state index is 0.250. The fraction of sp³-hybridized carbons (Fsp3) is 0.0625. The number of amides is 1. The molecule has 2 N–H and O–H groups in total. The number of halogens is 1. The van der Waals surface area contributed by atoms with Crippen molar-refractivity contribution in [3.05, 3.63) is 66.0 Å². The second-order valence-electron chi connectivity index (χ2n) is 4.79. The third-order valence-corrected chi connectivity index (χ3v) is 3.17. The number of furan rings is 1. The molecule has 0 saturated heterocycles. The van der Waals surface area contributed by atoms with Gasteiger partial charge in [-0.25, -0.2) is 9.82 Å². The van der Waals surface area contributed by atoms with Crippen LogP contribution in [0.1, 0.15) is 23.2 Å². The van der Waals surface area contributed by atoms with Crippen LogP contribution in [0.15, 0.2) is 58.2 Å². The van der Waals surface area contributed by atoms with Gasteiger partial charge in [-0.2, -0.15) is 10.2 Å². The molecule has 116 valence electrons. The highest BCUT2D eigenvalue weighted by Crippen LogP contribution is 2.17. The molecule has 0 unspecified atom stereocenters. The molecule has 0 spiro atoms. The van der Waals surface area contributed by atoms with E-state index >= 15 is 0 Å². The van der Waals surface area contributed by atoms with Gasteiger partial charge in [0.25, 0.3) is 5.91 Å². The summed E-state index contributed by atoms with van der Waals surface area (Å²) in [6.07, 6.45) is 1.53. The lowest BCUT2D eigenvalue weighted by atomic mass is 10.1. The number of hydrazone groups is 1. The Morgan fingerprint density at radius 1 is 1.30 bits per heavy atom. The molecule has 23 heavy (non-hydrogen) atoms. The van der Waals surface area contributed by atoms with Gasteiger partial charge in [-0.1, -0.05) is 0 Å². The summed E-state index contributed by atoms with van der Waals surface area (Å²) in [7, 11) is 0. The Bertz CT molecular complexity index is 835. The summed E-state index contributed by atoms with van der Waals surface area (Å²) in [6, 6.07) is 10.9. The van der Waals surface area contributed by atoms with E-state index in [2.05, 4.69) is 20.7 Å². The van der Waals surface area contributed by atoms with E-state index in [0.29, 0.717) is 22.7 Å². The molecule has 1 aromatic carbocycles. The third kappa shape index (κ3) is 3.34. The van der Waals surface area contributed by atoms with Crippen LogP contribution >= 0.6 is 0 Å². The number of rotatable bonds is 4. The summed E-state index contributed by atoms with van der Waals surface area (Å²) in [5, 5.41) is 10.6. The zero-order valence-corrected chi connectivity index (χ0v) is 12.2. The summed E-state index contributed by atoms with van der Waals surface area (Å²) < 4.78 is 18.1. The highest BCUT2D eigenvalue weighted by atomic mass is 19.1. The maximum absolute atomic E-state index is 12.9. The van der Waals surface area contributed by atoms with Crippen LogP contribution in [-0.2, 0) is 0 Å². The summed E-state index contributed by atoms with van der Waals surface area (Å²) >= 11 is 0. The number of hydrogen-bond acceptors (Lipinski definition) is 4. The number of carbonyl (C=O) groups excluding carboxylic acids is 1. The van der Waals surface area contributed by atoms with Gasteiger partial charge >= 0.3 is 0 Å². The van der Waals surface area contributed by atoms with Crippen LogP contribution in [0.25, 0.3) is 11.3 Å². The number of benzene rings is 1. The van der Waals surface area contributed by atoms with Gasteiger partial charge in [-0.15, -0.1) is 0 Å². The van der Waals surface area contributed by atoms with Gasteiger partial charge in [0.05, 0.1) is 12.0 Å². The molecule has 0 saturated carbocycles. The molecule has 7 heteroatoms. The molecular weight excluding hydrogens is 299 g/mol. The lowest BCUT2D eigenvalue weighted by molar-refractivity contribution is 0.0950. The lowest BCUT2D eigenvalue weighted by Gasteiger charge is -1.98. The summed E-state index contributed by atoms with van der Waals surface area (Å²) in [5.74, 6) is -0.191. The third-order valence-electron chi connectivity index (χ3n) is 3.17. The number of carbonyl (C=O) groups is 1. The van der Waals surface area contributed by atoms with Crippen LogP contribution in [0.2, 0.25) is 0 Å². The molecule has 3 rings (SSSR count). The topological polar surface area (TPSA) is 83.3 Å². The van der Waals surface area contributed by atoms with Crippen LogP contribution in [0.3, 0.4) is 0 Å². The summed E-state index contributed by atoms with van der Waals surface area (Å²) in [6.45, 7) is 1.72. The van der Waals surface area contributed by atoms with E-state index in [4.69, 9.17) is 4.42 Å². The molecule has 0 radical (unpaired) electrons. The monoisotopic (exact) mass is 312 g/mol. The molecule has 0 bridgehead atoms. The van der Waals surface area contributed by atoms with Gasteiger partial charge in [0.1, 0.15) is 23.0 Å². The van der Waals surface area contributed by atoms with Gasteiger partial charge in [-0.3, -0.25) is 9.89 Å². The molecular formula is C16H13FN4O2. The molecule has 6 nitrogen and oxygen atoms in total. The van der Waals surface area contributed by atoms with Crippen LogP contribution in [0.5, 0.6) is 0 Å². The van der Waals surface area contributed by atoms with Crippen LogP contribution in [-0.4, -0.2) is 21.8 Å². The molecule has 0 aliphatic heterocycles. The zero-order valence-electron chi connectivity index (χ0n) is 12.2. The van der Waals surface area contributed by atoms with Crippen molar-refractivity contribution in [2.45, 2.75) is 6.92 Å².